The van der Waals surface area contributed by atoms with Crippen molar-refractivity contribution in [1.29, 1.82) is 0 Å². The SMILES string of the molecule is CCC.Cc1ncc(Oc2ccc(F)cc2F)c(-c2cn(C)c(=O)c3c2CCCC3)n1.[HH]. The molecule has 0 saturated heterocycles. The van der Waals surface area contributed by atoms with Crippen molar-refractivity contribution in [3.05, 3.63) is 69.5 Å². The summed E-state index contributed by atoms with van der Waals surface area (Å²) in [5, 5.41) is 0. The molecule has 3 aromatic rings. The van der Waals surface area contributed by atoms with Crippen LogP contribution < -0.4 is 10.3 Å². The first-order valence-corrected chi connectivity index (χ1v) is 10.5. The first kappa shape index (κ1) is 22.6. The van der Waals surface area contributed by atoms with Crippen molar-refractivity contribution >= 4 is 0 Å². The summed E-state index contributed by atoms with van der Waals surface area (Å²) in [7, 11) is 1.70. The first-order valence-electron chi connectivity index (χ1n) is 10.5. The minimum Gasteiger partial charge on any atom is -0.450 e. The molecule has 0 bridgehead atoms. The maximum atomic E-state index is 14.1. The van der Waals surface area contributed by atoms with Gasteiger partial charge in [-0.25, -0.2) is 18.7 Å². The van der Waals surface area contributed by atoms with Crippen LogP contribution in [0.4, 0.5) is 8.78 Å². The van der Waals surface area contributed by atoms with Gasteiger partial charge < -0.3 is 9.30 Å². The van der Waals surface area contributed by atoms with E-state index in [1.54, 1.807) is 24.7 Å². The van der Waals surface area contributed by atoms with Gasteiger partial charge >= 0.3 is 0 Å². The zero-order chi connectivity index (χ0) is 22.5. The van der Waals surface area contributed by atoms with E-state index in [0.29, 0.717) is 11.5 Å². The number of aryl methyl sites for hydroxylation is 2. The van der Waals surface area contributed by atoms with Crippen LogP contribution in [0.15, 0.2) is 35.4 Å². The molecule has 2 heterocycles. The molecule has 0 atom stereocenters. The molecule has 0 radical (unpaired) electrons. The maximum Gasteiger partial charge on any atom is 0.253 e. The van der Waals surface area contributed by atoms with Crippen LogP contribution in [0.25, 0.3) is 11.3 Å². The van der Waals surface area contributed by atoms with E-state index in [9.17, 15) is 13.6 Å². The number of benzene rings is 1. The Morgan fingerprint density at radius 3 is 2.48 bits per heavy atom. The van der Waals surface area contributed by atoms with Crippen LogP contribution in [0, 0.1) is 18.6 Å². The molecule has 7 heteroatoms. The summed E-state index contributed by atoms with van der Waals surface area (Å²) in [4.78, 5) is 21.2. The number of aromatic nitrogens is 3. The molecular weight excluding hydrogens is 400 g/mol. The number of nitrogens with zero attached hydrogens (tertiary/aromatic N) is 3. The average Bonchev–Trinajstić information content (AvgIpc) is 2.74. The predicted molar refractivity (Wildman–Crippen MR) is 119 cm³/mol. The van der Waals surface area contributed by atoms with Gasteiger partial charge in [0.1, 0.15) is 17.3 Å². The highest BCUT2D eigenvalue weighted by Gasteiger charge is 2.23. The van der Waals surface area contributed by atoms with Gasteiger partial charge in [-0.3, -0.25) is 4.79 Å². The molecule has 0 saturated carbocycles. The van der Waals surface area contributed by atoms with Crippen molar-refractivity contribution in [2.24, 2.45) is 7.05 Å². The summed E-state index contributed by atoms with van der Waals surface area (Å²) in [5.74, 6) is -0.831. The van der Waals surface area contributed by atoms with Crippen LogP contribution >= 0.6 is 0 Å². The van der Waals surface area contributed by atoms with Gasteiger partial charge in [-0.2, -0.15) is 0 Å². The minimum absolute atomic E-state index is 0. The van der Waals surface area contributed by atoms with Gasteiger partial charge in [0.25, 0.3) is 5.56 Å². The van der Waals surface area contributed by atoms with Gasteiger partial charge in [0.2, 0.25) is 0 Å². The fourth-order valence-electron chi connectivity index (χ4n) is 3.59. The summed E-state index contributed by atoms with van der Waals surface area (Å²) in [5.41, 5.74) is 3.01. The van der Waals surface area contributed by atoms with Crippen LogP contribution in [-0.4, -0.2) is 14.5 Å². The quantitative estimate of drug-likeness (QED) is 0.531. The van der Waals surface area contributed by atoms with E-state index in [1.165, 1.54) is 18.7 Å². The van der Waals surface area contributed by atoms with Crippen LogP contribution in [0.5, 0.6) is 11.5 Å². The molecule has 0 aliphatic heterocycles. The lowest BCUT2D eigenvalue weighted by Crippen LogP contribution is -2.25. The van der Waals surface area contributed by atoms with Crippen LogP contribution in [0.2, 0.25) is 0 Å². The summed E-state index contributed by atoms with van der Waals surface area (Å²) < 4.78 is 34.5. The van der Waals surface area contributed by atoms with Crippen molar-refractivity contribution in [2.75, 3.05) is 0 Å². The Kier molecular flexibility index (Phi) is 7.15. The highest BCUT2D eigenvalue weighted by molar-refractivity contribution is 5.70. The lowest BCUT2D eigenvalue weighted by Gasteiger charge is -2.21. The number of hydrogen-bond acceptors (Lipinski definition) is 4. The second kappa shape index (κ2) is 9.81. The number of fused-ring (bicyclic) bond motifs is 1. The molecule has 0 spiro atoms. The predicted octanol–water partition coefficient (Wildman–Crippen LogP) is 5.76. The molecule has 1 aliphatic carbocycles. The number of ether oxygens (including phenoxy) is 1. The Morgan fingerprint density at radius 1 is 1.13 bits per heavy atom. The Balaban J connectivity index is 0.000000860. The van der Waals surface area contributed by atoms with E-state index < -0.39 is 11.6 Å². The molecule has 4 rings (SSSR count). The van der Waals surface area contributed by atoms with Crippen LogP contribution in [0.3, 0.4) is 0 Å². The maximum absolute atomic E-state index is 14.1. The van der Waals surface area contributed by atoms with Crippen molar-refractivity contribution in [3.63, 3.8) is 0 Å². The van der Waals surface area contributed by atoms with Gasteiger partial charge in [-0.1, -0.05) is 20.3 Å². The van der Waals surface area contributed by atoms with Crippen LogP contribution in [0.1, 0.15) is 51.5 Å². The van der Waals surface area contributed by atoms with Crippen molar-refractivity contribution in [1.82, 2.24) is 14.5 Å². The number of rotatable bonds is 3. The van der Waals surface area contributed by atoms with Gasteiger partial charge in [0, 0.05) is 31.9 Å². The lowest BCUT2D eigenvalue weighted by molar-refractivity contribution is 0.435. The van der Waals surface area contributed by atoms with Crippen LogP contribution in [-0.2, 0) is 19.9 Å². The highest BCUT2D eigenvalue weighted by Crippen LogP contribution is 2.36. The van der Waals surface area contributed by atoms with Gasteiger partial charge in [0.15, 0.2) is 17.3 Å². The Hall–Kier alpha value is -3.09. The third kappa shape index (κ3) is 4.98. The molecule has 166 valence electrons. The van der Waals surface area contributed by atoms with Gasteiger partial charge in [-0.05, 0) is 50.3 Å². The molecule has 0 unspecified atom stereocenters. The van der Waals surface area contributed by atoms with Crippen molar-refractivity contribution in [3.8, 4) is 22.8 Å². The smallest absolute Gasteiger partial charge is 0.253 e. The summed E-state index contributed by atoms with van der Waals surface area (Å²) in [6.07, 6.45) is 7.92. The molecule has 0 N–H and O–H groups in total. The lowest BCUT2D eigenvalue weighted by atomic mass is 9.88. The summed E-state index contributed by atoms with van der Waals surface area (Å²) in [6, 6.07) is 3.11. The molecule has 0 amide bonds. The number of halogens is 2. The molecule has 0 fully saturated rings. The molecule has 2 aromatic heterocycles. The monoisotopic (exact) mass is 429 g/mol. The standard InChI is InChI=1S/C21H19F2N3O2.C3H8.H2/c1-12-24-10-19(28-18-8-7-13(22)9-17(18)23)20(25-12)16-11-26(2)21(27)15-6-4-3-5-14(15)16;1-3-2;/h7-11H,3-6H2,1-2H3;3H2,1-2H3;1H. The molecule has 1 aliphatic rings. The highest BCUT2D eigenvalue weighted by atomic mass is 19.1. The van der Waals surface area contributed by atoms with E-state index in [-0.39, 0.29) is 18.5 Å². The largest absolute Gasteiger partial charge is 0.450 e. The zero-order valence-electron chi connectivity index (χ0n) is 18.3. The van der Waals surface area contributed by atoms with E-state index >= 15 is 0 Å². The number of hydrogen-bond donors (Lipinski definition) is 0. The normalized spacial score (nSPS) is 12.6. The fourth-order valence-corrected chi connectivity index (χ4v) is 3.59. The molecule has 1 aromatic carbocycles. The third-order valence-electron chi connectivity index (χ3n) is 4.94. The first-order chi connectivity index (χ1) is 14.8. The van der Waals surface area contributed by atoms with E-state index in [4.69, 9.17) is 4.74 Å². The molecule has 31 heavy (non-hydrogen) atoms. The average molecular weight is 430 g/mol. The fraction of sp³-hybridized carbons (Fsp3) is 0.375. The van der Waals surface area contributed by atoms with E-state index in [2.05, 4.69) is 23.8 Å². The topological polar surface area (TPSA) is 57.0 Å². The number of pyridine rings is 1. The van der Waals surface area contributed by atoms with Crippen molar-refractivity contribution in [2.45, 2.75) is 52.9 Å². The van der Waals surface area contributed by atoms with Gasteiger partial charge in [-0.15, -0.1) is 0 Å². The molecule has 5 nitrogen and oxygen atoms in total. The second-order valence-electron chi connectivity index (χ2n) is 7.64. The Labute approximate surface area is 182 Å². The summed E-state index contributed by atoms with van der Waals surface area (Å²) >= 11 is 0. The van der Waals surface area contributed by atoms with E-state index in [1.807, 2.05) is 0 Å². The third-order valence-corrected chi connectivity index (χ3v) is 4.94. The van der Waals surface area contributed by atoms with Gasteiger partial charge in [0.05, 0.1) is 6.20 Å². The Bertz CT molecular complexity index is 1150. The Morgan fingerprint density at radius 2 is 1.81 bits per heavy atom. The second-order valence-corrected chi connectivity index (χ2v) is 7.64. The molecular formula is C24H29F2N3O2. The summed E-state index contributed by atoms with van der Waals surface area (Å²) in [6.45, 7) is 6.00. The minimum atomic E-state index is -0.811. The zero-order valence-corrected chi connectivity index (χ0v) is 18.3. The van der Waals surface area contributed by atoms with Crippen molar-refractivity contribution < 1.29 is 14.9 Å². The van der Waals surface area contributed by atoms with E-state index in [0.717, 1.165) is 54.5 Å².